The Hall–Kier alpha value is -4.83. The fourth-order valence-corrected chi connectivity index (χ4v) is 5.39. The molecule has 1 unspecified atom stereocenters. The molecule has 5 heterocycles. The summed E-state index contributed by atoms with van der Waals surface area (Å²) in [7, 11) is 0. The van der Waals surface area contributed by atoms with Crippen LogP contribution in [0, 0.1) is 5.82 Å². The molecule has 7 rings (SSSR count). The smallest absolute Gasteiger partial charge is 0.180 e. The minimum absolute atomic E-state index is 0.227. The Bertz CT molecular complexity index is 1810. The number of piperidine rings is 1. The minimum Gasteiger partial charge on any atom is -0.370 e. The molecule has 1 aliphatic rings. The van der Waals surface area contributed by atoms with Gasteiger partial charge < -0.3 is 20.3 Å². The second kappa shape index (κ2) is 10.0. The number of rotatable bonds is 6. The molecule has 4 N–H and O–H groups in total. The molecule has 0 saturated carbocycles. The highest BCUT2D eigenvalue weighted by Gasteiger charge is 2.20. The molecule has 1 aliphatic heterocycles. The fourth-order valence-electron chi connectivity index (χ4n) is 5.39. The van der Waals surface area contributed by atoms with E-state index in [1.54, 1.807) is 18.6 Å². The molecule has 0 aliphatic carbocycles. The van der Waals surface area contributed by atoms with Crippen LogP contribution in [0.4, 0.5) is 15.8 Å². The van der Waals surface area contributed by atoms with E-state index in [1.165, 1.54) is 12.5 Å². The number of hydrogen-bond donors (Lipinski definition) is 4. The molecule has 40 heavy (non-hydrogen) atoms. The first-order chi connectivity index (χ1) is 19.6. The maximum absolute atomic E-state index is 15.3. The molecule has 6 aromatic rings. The van der Waals surface area contributed by atoms with Gasteiger partial charge in [-0.1, -0.05) is 30.3 Å². The lowest BCUT2D eigenvalue weighted by molar-refractivity contribution is 0.208. The van der Waals surface area contributed by atoms with Gasteiger partial charge in [0.25, 0.3) is 0 Å². The first-order valence-electron chi connectivity index (χ1n) is 13.4. The van der Waals surface area contributed by atoms with Gasteiger partial charge in [-0.15, -0.1) is 0 Å². The summed E-state index contributed by atoms with van der Waals surface area (Å²) in [6, 6.07) is 16.4. The van der Waals surface area contributed by atoms with Gasteiger partial charge in [0.1, 0.15) is 16.7 Å². The second-order valence-electron chi connectivity index (χ2n) is 10.0. The Morgan fingerprint density at radius 3 is 2.67 bits per heavy atom. The van der Waals surface area contributed by atoms with E-state index in [2.05, 4.69) is 35.4 Å². The van der Waals surface area contributed by atoms with Gasteiger partial charge in [0, 0.05) is 42.0 Å². The lowest BCUT2D eigenvalue weighted by atomic mass is 10.0. The van der Waals surface area contributed by atoms with Gasteiger partial charge in [0.2, 0.25) is 0 Å². The number of imidazole rings is 1. The zero-order chi connectivity index (χ0) is 27.1. The van der Waals surface area contributed by atoms with Crippen LogP contribution < -0.4 is 10.2 Å². The van der Waals surface area contributed by atoms with Gasteiger partial charge in [0.15, 0.2) is 23.5 Å². The van der Waals surface area contributed by atoms with Gasteiger partial charge in [-0.3, -0.25) is 10.1 Å². The summed E-state index contributed by atoms with van der Waals surface area (Å²) >= 11 is 0. The van der Waals surface area contributed by atoms with E-state index in [9.17, 15) is 5.11 Å². The number of anilines is 2. The van der Waals surface area contributed by atoms with Crippen LogP contribution in [0.5, 0.6) is 0 Å². The summed E-state index contributed by atoms with van der Waals surface area (Å²) in [5, 5.41) is 21.5. The van der Waals surface area contributed by atoms with E-state index in [1.807, 2.05) is 48.5 Å². The third-order valence-corrected chi connectivity index (χ3v) is 7.41. The number of nitrogens with zero attached hydrogens (tertiary/aromatic N) is 5. The van der Waals surface area contributed by atoms with Crippen molar-refractivity contribution in [3.8, 4) is 22.6 Å². The largest absolute Gasteiger partial charge is 0.370 e. The quantitative estimate of drug-likeness (QED) is 0.200. The third-order valence-electron chi connectivity index (χ3n) is 7.41. The molecule has 4 aromatic heterocycles. The first-order valence-corrected chi connectivity index (χ1v) is 13.4. The van der Waals surface area contributed by atoms with Crippen LogP contribution in [-0.2, 0) is 0 Å². The Morgan fingerprint density at radius 2 is 1.82 bits per heavy atom. The van der Waals surface area contributed by atoms with Crippen molar-refractivity contribution in [3.63, 3.8) is 0 Å². The van der Waals surface area contributed by atoms with E-state index in [0.29, 0.717) is 39.4 Å². The van der Waals surface area contributed by atoms with Crippen LogP contribution in [0.3, 0.4) is 0 Å². The van der Waals surface area contributed by atoms with Gasteiger partial charge >= 0.3 is 0 Å². The van der Waals surface area contributed by atoms with Crippen molar-refractivity contribution in [2.75, 3.05) is 23.3 Å². The number of fused-ring (bicyclic) bond motifs is 2. The SMILES string of the molecule is OC(Nc1cncc(-c2cc(F)c3n[nH]c(-c4nc5nccc(N6CCCCC6)c5[nH]4)c3c2)c1)c1ccccc1. The summed E-state index contributed by atoms with van der Waals surface area (Å²) in [4.78, 5) is 19.3. The molecule has 0 bridgehead atoms. The molecule has 9 nitrogen and oxygen atoms in total. The summed E-state index contributed by atoms with van der Waals surface area (Å²) in [6.07, 6.45) is 7.72. The maximum Gasteiger partial charge on any atom is 0.180 e. The normalized spacial score (nSPS) is 14.6. The van der Waals surface area contributed by atoms with E-state index in [0.717, 1.165) is 42.7 Å². The van der Waals surface area contributed by atoms with Crippen molar-refractivity contribution < 1.29 is 9.50 Å². The van der Waals surface area contributed by atoms with E-state index < -0.39 is 12.0 Å². The molecular weight excluding hydrogens is 507 g/mol. The summed E-state index contributed by atoms with van der Waals surface area (Å²) in [5.41, 5.74) is 6.01. The first kappa shape index (κ1) is 24.2. The van der Waals surface area contributed by atoms with Gasteiger partial charge in [-0.25, -0.2) is 14.4 Å². The average Bonchev–Trinajstić information content (AvgIpc) is 3.63. The molecule has 10 heteroatoms. The number of aliphatic hydroxyl groups excluding tert-OH is 1. The highest BCUT2D eigenvalue weighted by molar-refractivity contribution is 5.97. The van der Waals surface area contributed by atoms with Crippen molar-refractivity contribution in [2.24, 2.45) is 0 Å². The van der Waals surface area contributed by atoms with Crippen molar-refractivity contribution in [1.29, 1.82) is 0 Å². The molecule has 0 spiro atoms. The topological polar surface area (TPSA) is 119 Å². The van der Waals surface area contributed by atoms with Crippen molar-refractivity contribution in [3.05, 3.63) is 84.6 Å². The highest BCUT2D eigenvalue weighted by Crippen LogP contribution is 2.34. The minimum atomic E-state index is -0.908. The number of pyridine rings is 2. The second-order valence-corrected chi connectivity index (χ2v) is 10.0. The van der Waals surface area contributed by atoms with Crippen molar-refractivity contribution in [2.45, 2.75) is 25.5 Å². The van der Waals surface area contributed by atoms with Gasteiger partial charge in [-0.2, -0.15) is 5.10 Å². The molecule has 0 amide bonds. The number of halogens is 1. The van der Waals surface area contributed by atoms with Gasteiger partial charge in [0.05, 0.1) is 17.6 Å². The number of nitrogens with one attached hydrogen (secondary N) is 3. The zero-order valence-electron chi connectivity index (χ0n) is 21.6. The standard InChI is InChI=1S/C30H27FN8O/c31-23-15-19(20-13-21(17-32-16-20)34-30(40)18-7-3-1-4-8-18)14-22-25(23)37-38-26(22)29-35-27-24(9-10-33-28(27)36-29)39-11-5-2-6-12-39/h1,3-4,7-10,13-17,30,34,40H,2,5-6,11-12H2,(H,37,38)(H,33,35,36). The zero-order valence-corrected chi connectivity index (χ0v) is 21.6. The number of benzene rings is 2. The number of aromatic nitrogens is 6. The van der Waals surface area contributed by atoms with E-state index >= 15 is 4.39 Å². The number of H-pyrrole nitrogens is 2. The van der Waals surface area contributed by atoms with Crippen LogP contribution in [0.2, 0.25) is 0 Å². The average molecular weight is 535 g/mol. The molecule has 1 fully saturated rings. The van der Waals surface area contributed by atoms with E-state index in [4.69, 9.17) is 4.98 Å². The van der Waals surface area contributed by atoms with Crippen molar-refractivity contribution in [1.82, 2.24) is 30.1 Å². The van der Waals surface area contributed by atoms with Crippen LogP contribution >= 0.6 is 0 Å². The Kier molecular flexibility index (Phi) is 6.09. The van der Waals surface area contributed by atoms with Gasteiger partial charge in [-0.05, 0) is 49.1 Å². The number of aliphatic hydroxyl groups is 1. The van der Waals surface area contributed by atoms with Crippen LogP contribution in [-0.4, -0.2) is 48.3 Å². The monoisotopic (exact) mass is 534 g/mol. The summed E-state index contributed by atoms with van der Waals surface area (Å²) in [6.45, 7) is 2.00. The van der Waals surface area contributed by atoms with Crippen LogP contribution in [0.15, 0.2) is 73.2 Å². The van der Waals surface area contributed by atoms with Crippen LogP contribution in [0.25, 0.3) is 44.7 Å². The number of aromatic amines is 2. The van der Waals surface area contributed by atoms with Crippen LogP contribution in [0.1, 0.15) is 31.1 Å². The fraction of sp³-hybridized carbons (Fsp3) is 0.200. The predicted molar refractivity (Wildman–Crippen MR) is 153 cm³/mol. The molecule has 1 atom stereocenters. The lowest BCUT2D eigenvalue weighted by Gasteiger charge is -2.28. The molecule has 2 aromatic carbocycles. The lowest BCUT2D eigenvalue weighted by Crippen LogP contribution is -2.29. The highest BCUT2D eigenvalue weighted by atomic mass is 19.1. The molecule has 0 radical (unpaired) electrons. The summed E-state index contributed by atoms with van der Waals surface area (Å²) < 4.78 is 15.3. The Balaban J connectivity index is 1.25. The predicted octanol–water partition coefficient (Wildman–Crippen LogP) is 5.80. The third kappa shape index (κ3) is 4.42. The molecular formula is C30H27FN8O. The Labute approximate surface area is 229 Å². The van der Waals surface area contributed by atoms with E-state index in [-0.39, 0.29) is 5.52 Å². The molecule has 1 saturated heterocycles. The Morgan fingerprint density at radius 1 is 0.975 bits per heavy atom. The molecule has 200 valence electrons. The maximum atomic E-state index is 15.3. The van der Waals surface area contributed by atoms with Crippen molar-refractivity contribution >= 4 is 33.4 Å². The summed E-state index contributed by atoms with van der Waals surface area (Å²) in [5.74, 6) is 0.0893. The number of hydrogen-bond acceptors (Lipinski definition) is 7.